The second kappa shape index (κ2) is 9.23. The van der Waals surface area contributed by atoms with Crippen LogP contribution in [-0.2, 0) is 4.74 Å². The molecule has 0 amide bonds. The fourth-order valence-electron chi connectivity index (χ4n) is 1.79. The second-order valence-electron chi connectivity index (χ2n) is 4.42. The van der Waals surface area contributed by atoms with Crippen LogP contribution >= 0.6 is 0 Å². The third kappa shape index (κ3) is 5.88. The lowest BCUT2D eigenvalue weighted by Gasteiger charge is -2.23. The minimum absolute atomic E-state index is 0.135. The van der Waals surface area contributed by atoms with Gasteiger partial charge < -0.3 is 4.74 Å². The van der Waals surface area contributed by atoms with Gasteiger partial charge in [0.15, 0.2) is 0 Å². The van der Waals surface area contributed by atoms with Gasteiger partial charge in [0.2, 0.25) is 0 Å². The van der Waals surface area contributed by atoms with E-state index in [0.29, 0.717) is 12.5 Å². The van der Waals surface area contributed by atoms with E-state index in [1.54, 1.807) is 6.08 Å². The molecule has 0 aromatic carbocycles. The van der Waals surface area contributed by atoms with Gasteiger partial charge in [-0.15, -0.1) is 6.58 Å². The van der Waals surface area contributed by atoms with Gasteiger partial charge in [0.05, 0.1) is 12.7 Å². The number of rotatable bonds is 9. The summed E-state index contributed by atoms with van der Waals surface area (Å²) in [5, 5.41) is 0. The van der Waals surface area contributed by atoms with Gasteiger partial charge in [0.25, 0.3) is 0 Å². The molecule has 1 heteroatoms. The van der Waals surface area contributed by atoms with Crippen molar-refractivity contribution in [1.82, 2.24) is 0 Å². The van der Waals surface area contributed by atoms with Gasteiger partial charge in [-0.2, -0.15) is 0 Å². The van der Waals surface area contributed by atoms with Gasteiger partial charge in [-0.1, -0.05) is 57.6 Å². The maximum Gasteiger partial charge on any atom is 0.0825 e. The number of ether oxygens (including phenoxy) is 1. The molecule has 0 unspecified atom stereocenters. The van der Waals surface area contributed by atoms with E-state index in [4.69, 9.17) is 4.74 Å². The first-order valence-corrected chi connectivity index (χ1v) is 6.70. The predicted octanol–water partition coefficient (Wildman–Crippen LogP) is 4.91. The highest BCUT2D eigenvalue weighted by Crippen LogP contribution is 2.22. The average molecular weight is 236 g/mol. The van der Waals surface area contributed by atoms with Crippen LogP contribution in [0.2, 0.25) is 0 Å². The van der Waals surface area contributed by atoms with Crippen molar-refractivity contribution in [2.45, 2.75) is 53.1 Å². The molecular weight excluding hydrogens is 208 g/mol. The highest BCUT2D eigenvalue weighted by molar-refractivity contribution is 5.11. The molecule has 98 valence electrons. The van der Waals surface area contributed by atoms with Gasteiger partial charge in [0.1, 0.15) is 0 Å². The molecule has 17 heavy (non-hydrogen) atoms. The summed E-state index contributed by atoms with van der Waals surface area (Å²) in [6, 6.07) is 0. The quantitative estimate of drug-likeness (QED) is 0.517. The van der Waals surface area contributed by atoms with Crippen LogP contribution < -0.4 is 0 Å². The third-order valence-electron chi connectivity index (χ3n) is 3.31. The molecule has 0 spiro atoms. The van der Waals surface area contributed by atoms with Crippen molar-refractivity contribution in [2.24, 2.45) is 5.92 Å². The lowest BCUT2D eigenvalue weighted by molar-refractivity contribution is 0.0795. The Morgan fingerprint density at radius 1 is 1.18 bits per heavy atom. The molecule has 0 rings (SSSR count). The third-order valence-corrected chi connectivity index (χ3v) is 3.31. The van der Waals surface area contributed by atoms with E-state index in [9.17, 15) is 0 Å². The minimum atomic E-state index is 0.135. The van der Waals surface area contributed by atoms with Crippen LogP contribution in [0.5, 0.6) is 0 Å². The Labute approximate surface area is 107 Å². The zero-order valence-electron chi connectivity index (χ0n) is 12.0. The first kappa shape index (κ1) is 16.2. The van der Waals surface area contributed by atoms with Gasteiger partial charge in [-0.05, 0) is 19.3 Å². The summed E-state index contributed by atoms with van der Waals surface area (Å²) in [7, 11) is 0. The highest BCUT2D eigenvalue weighted by Gasteiger charge is 2.17. The maximum absolute atomic E-state index is 5.85. The molecule has 0 aliphatic carbocycles. The first-order valence-electron chi connectivity index (χ1n) is 6.70. The summed E-state index contributed by atoms with van der Waals surface area (Å²) in [5.41, 5.74) is 2.71. The maximum atomic E-state index is 5.85. The van der Waals surface area contributed by atoms with Crippen molar-refractivity contribution in [3.05, 3.63) is 36.5 Å². The van der Waals surface area contributed by atoms with Gasteiger partial charge in [-0.25, -0.2) is 0 Å². The monoisotopic (exact) mass is 236 g/mol. The lowest BCUT2D eigenvalue weighted by atomic mass is 9.92. The fraction of sp³-hybridized carbons (Fsp3) is 0.625. The topological polar surface area (TPSA) is 9.23 Å². The molecule has 0 heterocycles. The van der Waals surface area contributed by atoms with Crippen LogP contribution in [0.25, 0.3) is 0 Å². The van der Waals surface area contributed by atoms with Crippen LogP contribution in [0.1, 0.15) is 47.0 Å². The van der Waals surface area contributed by atoms with E-state index in [1.165, 1.54) is 11.1 Å². The van der Waals surface area contributed by atoms with E-state index in [-0.39, 0.29) is 6.10 Å². The molecule has 1 nitrogen and oxygen atoms in total. The van der Waals surface area contributed by atoms with E-state index in [1.807, 2.05) is 0 Å². The zero-order valence-corrected chi connectivity index (χ0v) is 12.0. The van der Waals surface area contributed by atoms with Crippen LogP contribution in [0.4, 0.5) is 0 Å². The smallest absolute Gasteiger partial charge is 0.0825 e. The molecule has 0 saturated heterocycles. The predicted molar refractivity (Wildman–Crippen MR) is 77.2 cm³/mol. The standard InChI is InChI=1S/C16H28O/c1-7-11-17-16(12-15(9-3)10-4)14(6)13(5)8-2/h7,12,14,16H,1,5,8-11H2,2-4,6H3/t14-,16+/m0/s1. The molecule has 0 aliphatic heterocycles. The second-order valence-corrected chi connectivity index (χ2v) is 4.42. The average Bonchev–Trinajstić information content (AvgIpc) is 2.37. The minimum Gasteiger partial charge on any atom is -0.369 e. The first-order chi connectivity index (χ1) is 8.10. The van der Waals surface area contributed by atoms with Crippen LogP contribution in [-0.4, -0.2) is 12.7 Å². The van der Waals surface area contributed by atoms with Crippen LogP contribution in [0, 0.1) is 5.92 Å². The molecular formula is C16H28O. The van der Waals surface area contributed by atoms with E-state index in [0.717, 1.165) is 19.3 Å². The molecule has 0 N–H and O–H groups in total. The molecule has 0 radical (unpaired) electrons. The summed E-state index contributed by atoms with van der Waals surface area (Å²) < 4.78 is 5.85. The Balaban J connectivity index is 4.78. The van der Waals surface area contributed by atoms with Crippen molar-refractivity contribution in [2.75, 3.05) is 6.61 Å². The molecule has 0 bridgehead atoms. The van der Waals surface area contributed by atoms with E-state index in [2.05, 4.69) is 46.9 Å². The normalized spacial score (nSPS) is 13.9. The lowest BCUT2D eigenvalue weighted by Crippen LogP contribution is -2.21. The van der Waals surface area contributed by atoms with Gasteiger partial charge in [0, 0.05) is 5.92 Å². The molecule has 0 saturated carbocycles. The summed E-state index contributed by atoms with van der Waals surface area (Å²) in [5.74, 6) is 0.369. The van der Waals surface area contributed by atoms with Crippen molar-refractivity contribution in [1.29, 1.82) is 0 Å². The number of hydrogen-bond donors (Lipinski definition) is 0. The Bertz CT molecular complexity index is 257. The van der Waals surface area contributed by atoms with Crippen LogP contribution in [0.3, 0.4) is 0 Å². The van der Waals surface area contributed by atoms with E-state index < -0.39 is 0 Å². The Hall–Kier alpha value is -0.820. The highest BCUT2D eigenvalue weighted by atomic mass is 16.5. The summed E-state index contributed by atoms with van der Waals surface area (Å²) in [4.78, 5) is 0. The molecule has 0 aliphatic rings. The van der Waals surface area contributed by atoms with E-state index >= 15 is 0 Å². The van der Waals surface area contributed by atoms with Gasteiger partial charge >= 0.3 is 0 Å². The largest absolute Gasteiger partial charge is 0.369 e. The summed E-state index contributed by atoms with van der Waals surface area (Å²) >= 11 is 0. The number of allylic oxidation sites excluding steroid dienone is 1. The SMILES string of the molecule is C=CCO[C@H](C=C(CC)CC)[C@@H](C)C(=C)CC. The Kier molecular flexibility index (Phi) is 8.79. The Morgan fingerprint density at radius 2 is 1.76 bits per heavy atom. The number of hydrogen-bond acceptors (Lipinski definition) is 1. The van der Waals surface area contributed by atoms with Crippen molar-refractivity contribution in [3.63, 3.8) is 0 Å². The van der Waals surface area contributed by atoms with Gasteiger partial charge in [-0.3, -0.25) is 0 Å². The summed E-state index contributed by atoms with van der Waals surface area (Å²) in [6.45, 7) is 17.2. The van der Waals surface area contributed by atoms with Crippen molar-refractivity contribution >= 4 is 0 Å². The molecule has 0 fully saturated rings. The fourth-order valence-corrected chi connectivity index (χ4v) is 1.79. The molecule has 0 aromatic heterocycles. The zero-order chi connectivity index (χ0) is 13.3. The van der Waals surface area contributed by atoms with Crippen molar-refractivity contribution < 1.29 is 4.74 Å². The van der Waals surface area contributed by atoms with Crippen LogP contribution in [0.15, 0.2) is 36.5 Å². The molecule has 0 aromatic rings. The Morgan fingerprint density at radius 3 is 2.18 bits per heavy atom. The molecule has 2 atom stereocenters. The summed E-state index contributed by atoms with van der Waals surface area (Å²) in [6.07, 6.45) is 7.41. The van der Waals surface area contributed by atoms with Crippen molar-refractivity contribution in [3.8, 4) is 0 Å².